The average Bonchev–Trinajstić information content (AvgIpc) is 2.37. The molecule has 1 N–H and O–H groups in total. The molecule has 0 amide bonds. The third-order valence-corrected chi connectivity index (χ3v) is 3.56. The molecular formula is C15H22BrNO. The van der Waals surface area contributed by atoms with Gasteiger partial charge in [0.2, 0.25) is 0 Å². The zero-order valence-corrected chi connectivity index (χ0v) is 13.0. The third kappa shape index (κ3) is 5.23. The van der Waals surface area contributed by atoms with Crippen LogP contribution in [0, 0.1) is 0 Å². The topological polar surface area (TPSA) is 21.3 Å². The molecule has 0 bridgehead atoms. The molecule has 0 saturated heterocycles. The Labute approximate surface area is 119 Å². The van der Waals surface area contributed by atoms with E-state index in [1.54, 1.807) is 7.11 Å². The molecule has 100 valence electrons. The second-order valence-corrected chi connectivity index (χ2v) is 5.18. The van der Waals surface area contributed by atoms with Crippen molar-refractivity contribution in [1.82, 2.24) is 5.32 Å². The lowest BCUT2D eigenvalue weighted by Gasteiger charge is -2.08. The van der Waals surface area contributed by atoms with Crippen molar-refractivity contribution < 1.29 is 4.74 Å². The SMILES string of the molecule is CCNCCC=C(C)Cc1cc(OC)ccc1Br. The third-order valence-electron chi connectivity index (χ3n) is 2.79. The Hall–Kier alpha value is -0.800. The van der Waals surface area contributed by atoms with Gasteiger partial charge < -0.3 is 10.1 Å². The van der Waals surface area contributed by atoms with Gasteiger partial charge in [0.05, 0.1) is 7.11 Å². The molecule has 18 heavy (non-hydrogen) atoms. The number of rotatable bonds is 7. The van der Waals surface area contributed by atoms with E-state index in [1.807, 2.05) is 12.1 Å². The zero-order chi connectivity index (χ0) is 13.4. The van der Waals surface area contributed by atoms with Gasteiger partial charge in [0.1, 0.15) is 5.75 Å². The van der Waals surface area contributed by atoms with Crippen LogP contribution in [-0.2, 0) is 6.42 Å². The lowest BCUT2D eigenvalue weighted by molar-refractivity contribution is 0.414. The van der Waals surface area contributed by atoms with Crippen LogP contribution in [0.25, 0.3) is 0 Å². The predicted octanol–water partition coefficient (Wildman–Crippen LogP) is 3.95. The van der Waals surface area contributed by atoms with Gasteiger partial charge >= 0.3 is 0 Å². The Kier molecular flexibility index (Phi) is 7.06. The molecule has 3 heteroatoms. The number of benzene rings is 1. The fraction of sp³-hybridized carbons (Fsp3) is 0.467. The summed E-state index contributed by atoms with van der Waals surface area (Å²) in [5.74, 6) is 0.911. The summed E-state index contributed by atoms with van der Waals surface area (Å²) in [6.45, 7) is 6.39. The minimum absolute atomic E-state index is 0.911. The maximum Gasteiger partial charge on any atom is 0.119 e. The summed E-state index contributed by atoms with van der Waals surface area (Å²) in [7, 11) is 1.70. The van der Waals surface area contributed by atoms with Gasteiger partial charge in [0.25, 0.3) is 0 Å². The minimum Gasteiger partial charge on any atom is -0.497 e. The van der Waals surface area contributed by atoms with Gasteiger partial charge in [-0.2, -0.15) is 0 Å². The first-order chi connectivity index (χ1) is 8.67. The molecule has 0 atom stereocenters. The lowest BCUT2D eigenvalue weighted by Crippen LogP contribution is -2.13. The van der Waals surface area contributed by atoms with E-state index in [1.165, 1.54) is 11.1 Å². The van der Waals surface area contributed by atoms with Crippen LogP contribution in [0.4, 0.5) is 0 Å². The van der Waals surface area contributed by atoms with Gasteiger partial charge in [0.15, 0.2) is 0 Å². The molecular weight excluding hydrogens is 290 g/mol. The van der Waals surface area contributed by atoms with E-state index in [4.69, 9.17) is 4.74 Å². The molecule has 0 fully saturated rings. The number of ether oxygens (including phenoxy) is 1. The first-order valence-corrected chi connectivity index (χ1v) is 7.15. The Balaban J connectivity index is 2.60. The van der Waals surface area contributed by atoms with Crippen molar-refractivity contribution in [2.24, 2.45) is 0 Å². The number of hydrogen-bond acceptors (Lipinski definition) is 2. The van der Waals surface area contributed by atoms with E-state index in [0.29, 0.717) is 0 Å². The molecule has 1 rings (SSSR count). The standard InChI is InChI=1S/C15H22BrNO/c1-4-17-9-5-6-12(2)10-13-11-14(18-3)7-8-15(13)16/h6-8,11,17H,4-5,9-10H2,1-3H3. The highest BCUT2D eigenvalue weighted by Gasteiger charge is 2.03. The largest absolute Gasteiger partial charge is 0.497 e. The summed E-state index contributed by atoms with van der Waals surface area (Å²) < 4.78 is 6.40. The van der Waals surface area contributed by atoms with Gasteiger partial charge in [-0.05, 0) is 56.6 Å². The second kappa shape index (κ2) is 8.33. The monoisotopic (exact) mass is 311 g/mol. The molecule has 0 radical (unpaired) electrons. The molecule has 0 aromatic heterocycles. The van der Waals surface area contributed by atoms with E-state index in [-0.39, 0.29) is 0 Å². The molecule has 0 saturated carbocycles. The molecule has 0 aliphatic heterocycles. The maximum absolute atomic E-state index is 5.25. The van der Waals surface area contributed by atoms with E-state index in [2.05, 4.69) is 47.2 Å². The first kappa shape index (κ1) is 15.3. The molecule has 1 aromatic rings. The highest BCUT2D eigenvalue weighted by Crippen LogP contribution is 2.24. The summed E-state index contributed by atoms with van der Waals surface area (Å²) in [6.07, 6.45) is 4.35. The number of hydrogen-bond donors (Lipinski definition) is 1. The van der Waals surface area contributed by atoms with Gasteiger partial charge in [-0.25, -0.2) is 0 Å². The van der Waals surface area contributed by atoms with E-state index in [0.717, 1.165) is 36.2 Å². The van der Waals surface area contributed by atoms with Crippen LogP contribution in [0.15, 0.2) is 34.3 Å². The molecule has 0 aliphatic rings. The molecule has 0 unspecified atom stereocenters. The van der Waals surface area contributed by atoms with Crippen LogP contribution >= 0.6 is 15.9 Å². The highest BCUT2D eigenvalue weighted by molar-refractivity contribution is 9.10. The molecule has 2 nitrogen and oxygen atoms in total. The highest BCUT2D eigenvalue weighted by atomic mass is 79.9. The Bertz CT molecular complexity index is 401. The van der Waals surface area contributed by atoms with Gasteiger partial charge in [-0.3, -0.25) is 0 Å². The van der Waals surface area contributed by atoms with Crippen LogP contribution in [0.2, 0.25) is 0 Å². The van der Waals surface area contributed by atoms with Crippen molar-refractivity contribution >= 4 is 15.9 Å². The zero-order valence-electron chi connectivity index (χ0n) is 11.4. The van der Waals surface area contributed by atoms with Crippen LogP contribution in [0.1, 0.15) is 25.8 Å². The van der Waals surface area contributed by atoms with Crippen molar-refractivity contribution in [3.63, 3.8) is 0 Å². The summed E-state index contributed by atoms with van der Waals surface area (Å²) >= 11 is 3.59. The van der Waals surface area contributed by atoms with Gasteiger partial charge in [0, 0.05) is 4.47 Å². The number of halogens is 1. The lowest BCUT2D eigenvalue weighted by atomic mass is 10.1. The van der Waals surface area contributed by atoms with Crippen LogP contribution in [0.5, 0.6) is 5.75 Å². The molecule has 0 aliphatic carbocycles. The van der Waals surface area contributed by atoms with Crippen LogP contribution in [0.3, 0.4) is 0 Å². The van der Waals surface area contributed by atoms with Crippen LogP contribution < -0.4 is 10.1 Å². The molecule has 1 aromatic carbocycles. The summed E-state index contributed by atoms with van der Waals surface area (Å²) in [5, 5.41) is 3.32. The predicted molar refractivity (Wildman–Crippen MR) is 81.3 cm³/mol. The molecule has 0 spiro atoms. The summed E-state index contributed by atoms with van der Waals surface area (Å²) in [5.41, 5.74) is 2.66. The molecule has 0 heterocycles. The van der Waals surface area contributed by atoms with Crippen molar-refractivity contribution in [2.75, 3.05) is 20.2 Å². The van der Waals surface area contributed by atoms with Crippen molar-refractivity contribution in [1.29, 1.82) is 0 Å². The maximum atomic E-state index is 5.25. The van der Waals surface area contributed by atoms with Gasteiger partial charge in [-0.1, -0.05) is 34.5 Å². The fourth-order valence-corrected chi connectivity index (χ4v) is 2.17. The summed E-state index contributed by atoms with van der Waals surface area (Å²) in [4.78, 5) is 0. The number of methoxy groups -OCH3 is 1. The normalized spacial score (nSPS) is 11.7. The van der Waals surface area contributed by atoms with Crippen LogP contribution in [-0.4, -0.2) is 20.2 Å². The van der Waals surface area contributed by atoms with Crippen molar-refractivity contribution in [3.05, 3.63) is 39.9 Å². The average molecular weight is 312 g/mol. The number of nitrogens with one attached hydrogen (secondary N) is 1. The Morgan fingerprint density at radius 3 is 2.89 bits per heavy atom. The van der Waals surface area contributed by atoms with E-state index in [9.17, 15) is 0 Å². The van der Waals surface area contributed by atoms with Crippen molar-refractivity contribution in [2.45, 2.75) is 26.7 Å². The van der Waals surface area contributed by atoms with E-state index >= 15 is 0 Å². The van der Waals surface area contributed by atoms with Gasteiger partial charge in [-0.15, -0.1) is 0 Å². The Morgan fingerprint density at radius 2 is 2.22 bits per heavy atom. The minimum atomic E-state index is 0.911. The Morgan fingerprint density at radius 1 is 1.44 bits per heavy atom. The summed E-state index contributed by atoms with van der Waals surface area (Å²) in [6, 6.07) is 6.10. The smallest absolute Gasteiger partial charge is 0.119 e. The first-order valence-electron chi connectivity index (χ1n) is 6.36. The fourth-order valence-electron chi connectivity index (χ4n) is 1.78. The van der Waals surface area contributed by atoms with Crippen molar-refractivity contribution in [3.8, 4) is 5.75 Å². The quantitative estimate of drug-likeness (QED) is 0.608. The number of allylic oxidation sites excluding steroid dienone is 1. The second-order valence-electron chi connectivity index (χ2n) is 4.33. The van der Waals surface area contributed by atoms with E-state index < -0.39 is 0 Å².